The van der Waals surface area contributed by atoms with Gasteiger partial charge in [-0.1, -0.05) is 0 Å². The summed E-state index contributed by atoms with van der Waals surface area (Å²) in [6.45, 7) is 1.37. The number of rotatable bonds is 6. The van der Waals surface area contributed by atoms with Crippen LogP contribution in [-0.2, 0) is 14.8 Å². The number of amides is 1. The van der Waals surface area contributed by atoms with Crippen molar-refractivity contribution in [2.75, 3.05) is 44.0 Å². The number of aromatic nitrogens is 2. The van der Waals surface area contributed by atoms with E-state index < -0.39 is 15.9 Å². The van der Waals surface area contributed by atoms with Gasteiger partial charge >= 0.3 is 0 Å². The van der Waals surface area contributed by atoms with E-state index in [2.05, 4.69) is 25.6 Å². The molecule has 1 aromatic heterocycles. The zero-order chi connectivity index (χ0) is 24.1. The molecular formula is C22H28N6O5S. The van der Waals surface area contributed by atoms with Crippen molar-refractivity contribution in [3.05, 3.63) is 36.0 Å². The Balaban J connectivity index is 1.52. The standard InChI is InChI=1S/C22H28N6O5S/c1-23-22-24-14-19(20(27-22)25-15-2-6-17(29)7-3-15)21(30)26-16-4-8-18(9-5-16)34(31,32)28-10-12-33-13-11-28/h4-5,8-9,14,17,29H,2-3,6-7,10-13H2,1H3,(H,26,30)(H,23,24,27). The van der Waals surface area contributed by atoms with E-state index in [9.17, 15) is 18.3 Å². The summed E-state index contributed by atoms with van der Waals surface area (Å²) in [6.07, 6.45) is 3.62. The normalized spacial score (nSPS) is 19.5. The summed E-state index contributed by atoms with van der Waals surface area (Å²) in [5, 5.41) is 15.3. The fourth-order valence-electron chi connectivity index (χ4n) is 3.78. The van der Waals surface area contributed by atoms with Crippen LogP contribution in [0.25, 0.3) is 0 Å². The fourth-order valence-corrected chi connectivity index (χ4v) is 5.19. The Bertz CT molecular complexity index is 1150. The van der Waals surface area contributed by atoms with Crippen molar-refractivity contribution in [1.82, 2.24) is 14.3 Å². The number of hydrogen-bond donors (Lipinski definition) is 3. The van der Waals surface area contributed by atoms with Gasteiger partial charge in [-0.15, -0.1) is 0 Å². The Morgan fingerprint density at radius 1 is 1.18 bits per heavy atom. The number of morpholine rings is 1. The molecule has 1 aromatic carbocycles. The molecule has 11 nitrogen and oxygen atoms in total. The van der Waals surface area contributed by atoms with E-state index in [1.165, 1.54) is 22.6 Å². The number of aliphatic hydroxyl groups is 1. The van der Waals surface area contributed by atoms with Crippen molar-refractivity contribution < 1.29 is 23.1 Å². The summed E-state index contributed by atoms with van der Waals surface area (Å²) in [4.78, 5) is 26.2. The van der Waals surface area contributed by atoms with Crippen LogP contribution < -0.4 is 10.6 Å². The molecule has 0 spiro atoms. The lowest BCUT2D eigenvalue weighted by Crippen LogP contribution is -2.40. The monoisotopic (exact) mass is 488 g/mol. The summed E-state index contributed by atoms with van der Waals surface area (Å²) in [6, 6.07) is 6.02. The number of anilines is 2. The van der Waals surface area contributed by atoms with Crippen LogP contribution in [-0.4, -0.2) is 78.9 Å². The van der Waals surface area contributed by atoms with Crippen LogP contribution >= 0.6 is 0 Å². The third-order valence-electron chi connectivity index (χ3n) is 5.75. The molecule has 0 bridgehead atoms. The van der Waals surface area contributed by atoms with Gasteiger partial charge in [0.15, 0.2) is 5.82 Å². The Kier molecular flexibility index (Phi) is 7.51. The van der Waals surface area contributed by atoms with Crippen LogP contribution in [0.5, 0.6) is 0 Å². The zero-order valence-electron chi connectivity index (χ0n) is 18.9. The van der Waals surface area contributed by atoms with Gasteiger partial charge in [0, 0.05) is 37.7 Å². The molecular weight excluding hydrogens is 460 g/mol. The number of aliphatic imine (C=N–C) groups is 1. The molecule has 2 aromatic rings. The van der Waals surface area contributed by atoms with Gasteiger partial charge in [-0.05, 0) is 49.9 Å². The molecule has 182 valence electrons. The van der Waals surface area contributed by atoms with Gasteiger partial charge in [0.1, 0.15) is 5.56 Å². The third kappa shape index (κ3) is 5.58. The first-order chi connectivity index (χ1) is 16.4. The number of benzene rings is 1. The number of aliphatic hydroxyl groups excluding tert-OH is 1. The van der Waals surface area contributed by atoms with Crippen LogP contribution in [0.1, 0.15) is 36.0 Å². The van der Waals surface area contributed by atoms with Crippen LogP contribution in [0.3, 0.4) is 0 Å². The predicted octanol–water partition coefficient (Wildman–Crippen LogP) is 1.80. The highest BCUT2D eigenvalue weighted by molar-refractivity contribution is 7.89. The van der Waals surface area contributed by atoms with Crippen LogP contribution in [0, 0.1) is 0 Å². The highest BCUT2D eigenvalue weighted by Crippen LogP contribution is 2.24. The number of carbonyl (C=O) groups excluding carboxylic acids is 1. The maximum atomic E-state index is 13.0. The quantitative estimate of drug-likeness (QED) is 0.558. The maximum absolute atomic E-state index is 13.0. The number of ether oxygens (including phenoxy) is 1. The molecule has 2 aliphatic rings. The Morgan fingerprint density at radius 3 is 2.50 bits per heavy atom. The number of sulfonamides is 1. The Morgan fingerprint density at radius 2 is 1.85 bits per heavy atom. The number of carbonyl (C=O) groups is 1. The number of hydrogen-bond acceptors (Lipinski definition) is 9. The van der Waals surface area contributed by atoms with E-state index in [0.717, 1.165) is 5.71 Å². The first kappa shape index (κ1) is 24.2. The van der Waals surface area contributed by atoms with E-state index in [1.807, 2.05) is 0 Å². The molecule has 1 aliphatic heterocycles. The van der Waals surface area contributed by atoms with Crippen molar-refractivity contribution in [1.29, 1.82) is 0 Å². The van der Waals surface area contributed by atoms with Gasteiger partial charge in [0.05, 0.1) is 24.2 Å². The zero-order valence-corrected chi connectivity index (χ0v) is 19.7. The van der Waals surface area contributed by atoms with E-state index in [0.29, 0.717) is 63.6 Å². The van der Waals surface area contributed by atoms with Crippen LogP contribution in [0.15, 0.2) is 40.4 Å². The molecule has 3 N–H and O–H groups in total. The third-order valence-corrected chi connectivity index (χ3v) is 7.67. The van der Waals surface area contributed by atoms with E-state index in [4.69, 9.17) is 4.74 Å². The van der Waals surface area contributed by atoms with E-state index in [-0.39, 0.29) is 22.4 Å². The van der Waals surface area contributed by atoms with Gasteiger partial charge in [-0.3, -0.25) is 4.79 Å². The molecule has 0 atom stereocenters. The highest BCUT2D eigenvalue weighted by atomic mass is 32.2. The van der Waals surface area contributed by atoms with Gasteiger partial charge in [0.2, 0.25) is 16.0 Å². The molecule has 34 heavy (non-hydrogen) atoms. The molecule has 0 unspecified atom stereocenters. The number of nitrogens with one attached hydrogen (secondary N) is 2. The fraction of sp³-hybridized carbons (Fsp3) is 0.455. The molecule has 1 amide bonds. The van der Waals surface area contributed by atoms with Gasteiger partial charge in [-0.2, -0.15) is 9.29 Å². The van der Waals surface area contributed by atoms with Crippen molar-refractivity contribution >= 4 is 39.1 Å². The van der Waals surface area contributed by atoms with Gasteiger partial charge < -0.3 is 20.5 Å². The van der Waals surface area contributed by atoms with Crippen molar-refractivity contribution in [3.8, 4) is 0 Å². The van der Waals surface area contributed by atoms with Gasteiger partial charge in [-0.25, -0.2) is 18.4 Å². The minimum Gasteiger partial charge on any atom is -0.393 e. The molecule has 1 aliphatic carbocycles. The van der Waals surface area contributed by atoms with E-state index >= 15 is 0 Å². The molecule has 2 fully saturated rings. The summed E-state index contributed by atoms with van der Waals surface area (Å²) < 4.78 is 32.2. The SMILES string of the molecule is CNc1ncc(C(=O)Nc2ccc(S(=O)(=O)N3CCOCC3)cc2)c(N=C2CCC(O)CC2)n1. The predicted molar refractivity (Wildman–Crippen MR) is 127 cm³/mol. The Labute approximate surface area is 198 Å². The first-order valence-corrected chi connectivity index (χ1v) is 12.6. The largest absolute Gasteiger partial charge is 0.393 e. The molecule has 4 rings (SSSR count). The van der Waals surface area contributed by atoms with Crippen LogP contribution in [0.4, 0.5) is 17.5 Å². The molecule has 1 saturated carbocycles. The molecule has 0 radical (unpaired) electrons. The van der Waals surface area contributed by atoms with E-state index in [1.54, 1.807) is 19.2 Å². The average Bonchev–Trinajstić information content (AvgIpc) is 2.86. The smallest absolute Gasteiger partial charge is 0.261 e. The summed E-state index contributed by atoms with van der Waals surface area (Å²) in [5.74, 6) is 0.126. The van der Waals surface area contributed by atoms with Crippen molar-refractivity contribution in [3.63, 3.8) is 0 Å². The second kappa shape index (κ2) is 10.6. The molecule has 1 saturated heterocycles. The Hall–Kier alpha value is -2.93. The molecule has 2 heterocycles. The van der Waals surface area contributed by atoms with Crippen molar-refractivity contribution in [2.24, 2.45) is 4.99 Å². The second-order valence-electron chi connectivity index (χ2n) is 8.09. The summed E-state index contributed by atoms with van der Waals surface area (Å²) in [7, 11) is -1.94. The topological polar surface area (TPSA) is 146 Å². The first-order valence-electron chi connectivity index (χ1n) is 11.2. The van der Waals surface area contributed by atoms with Crippen molar-refractivity contribution in [2.45, 2.75) is 36.7 Å². The lowest BCUT2D eigenvalue weighted by molar-refractivity contribution is 0.0730. The summed E-state index contributed by atoms with van der Waals surface area (Å²) in [5.41, 5.74) is 1.50. The molecule has 12 heteroatoms. The highest BCUT2D eigenvalue weighted by Gasteiger charge is 2.26. The lowest BCUT2D eigenvalue weighted by atomic mass is 9.96. The van der Waals surface area contributed by atoms with Crippen LogP contribution in [0.2, 0.25) is 0 Å². The second-order valence-corrected chi connectivity index (χ2v) is 10.0. The van der Waals surface area contributed by atoms with Gasteiger partial charge in [0.25, 0.3) is 5.91 Å². The minimum atomic E-state index is -3.62. The average molecular weight is 489 g/mol. The summed E-state index contributed by atoms with van der Waals surface area (Å²) >= 11 is 0. The lowest BCUT2D eigenvalue weighted by Gasteiger charge is -2.26. The number of nitrogens with zero attached hydrogens (tertiary/aromatic N) is 4. The minimum absolute atomic E-state index is 0.153. The maximum Gasteiger partial charge on any atom is 0.261 e.